The van der Waals surface area contributed by atoms with E-state index in [2.05, 4.69) is 38.1 Å². The van der Waals surface area contributed by atoms with Gasteiger partial charge >= 0.3 is 38.5 Å². The second-order valence-corrected chi connectivity index (χ2v) is 4.85. The van der Waals surface area contributed by atoms with Crippen LogP contribution in [0.25, 0.3) is 0 Å². The molecular formula is C22H24Cl4CoTi-2. The Hall–Kier alpha value is -0.219. The van der Waals surface area contributed by atoms with Gasteiger partial charge in [-0.2, -0.15) is 71.8 Å². The molecule has 0 saturated heterocycles. The molecule has 4 aromatic carbocycles. The minimum absolute atomic E-state index is 0. The van der Waals surface area contributed by atoms with Gasteiger partial charge in [-0.3, -0.25) is 0 Å². The summed E-state index contributed by atoms with van der Waals surface area (Å²) in [6.45, 7) is 4.17. The molecule has 0 aromatic heterocycles. The van der Waals surface area contributed by atoms with Crippen LogP contribution in [-0.4, -0.2) is 0 Å². The van der Waals surface area contributed by atoms with Crippen LogP contribution in [0, 0.1) is 13.8 Å². The molecule has 28 heavy (non-hydrogen) atoms. The van der Waals surface area contributed by atoms with Gasteiger partial charge in [-0.05, 0) is 0 Å². The van der Waals surface area contributed by atoms with Gasteiger partial charge in [0.05, 0.1) is 0 Å². The van der Waals surface area contributed by atoms with Gasteiger partial charge in [0, 0.05) is 0 Å². The topological polar surface area (TPSA) is 0 Å². The van der Waals surface area contributed by atoms with Crippen LogP contribution in [0.1, 0.15) is 11.1 Å². The maximum atomic E-state index is 2.08. The van der Waals surface area contributed by atoms with E-state index in [9.17, 15) is 0 Å². The van der Waals surface area contributed by atoms with E-state index in [0.29, 0.717) is 0 Å². The van der Waals surface area contributed by atoms with Crippen LogP contribution in [0.2, 0.25) is 0 Å². The molecular weight excluding hydrogens is 513 g/mol. The van der Waals surface area contributed by atoms with Crippen molar-refractivity contribution in [2.24, 2.45) is 0 Å². The van der Waals surface area contributed by atoms with Gasteiger partial charge in [0.25, 0.3) is 0 Å². The quantitative estimate of drug-likeness (QED) is 0.155. The summed E-state index contributed by atoms with van der Waals surface area (Å²) in [5.74, 6) is 0. The van der Waals surface area contributed by atoms with Crippen molar-refractivity contribution in [3.05, 3.63) is 120 Å². The van der Waals surface area contributed by atoms with Crippen LogP contribution in [0.15, 0.2) is 109 Å². The minimum Gasteiger partial charge on any atom is -1.00 e. The summed E-state index contributed by atoms with van der Waals surface area (Å²) in [5, 5.41) is 0. The SMILES string of the molecule is C[c-]1cccc1.C[c-]1cccc1.[Cl-].[Cl-].[Cl-].[Cl-].[Co+2].[Ti+4].c1cc[cH-]c1.c1cc[cH-]c1. The van der Waals surface area contributed by atoms with Crippen LogP contribution in [0.5, 0.6) is 0 Å². The maximum Gasteiger partial charge on any atom is 4.00 e. The molecule has 0 atom stereocenters. The zero-order valence-electron chi connectivity index (χ0n) is 15.7. The third kappa shape index (κ3) is 28.0. The van der Waals surface area contributed by atoms with E-state index in [4.69, 9.17) is 0 Å². The smallest absolute Gasteiger partial charge is 1.00 e. The van der Waals surface area contributed by atoms with Crippen molar-refractivity contribution in [3.8, 4) is 0 Å². The Balaban J connectivity index is -0.0000000539. The fourth-order valence-corrected chi connectivity index (χ4v) is 1.58. The predicted molar refractivity (Wildman–Crippen MR) is 97.6 cm³/mol. The molecule has 0 aliphatic rings. The van der Waals surface area contributed by atoms with Gasteiger partial charge in [-0.15, -0.1) is 0 Å². The van der Waals surface area contributed by atoms with Crippen molar-refractivity contribution >= 4 is 0 Å². The van der Waals surface area contributed by atoms with E-state index >= 15 is 0 Å². The Morgan fingerprint density at radius 3 is 0.750 bits per heavy atom. The van der Waals surface area contributed by atoms with Gasteiger partial charge in [-0.25, -0.2) is 48.5 Å². The van der Waals surface area contributed by atoms with E-state index in [-0.39, 0.29) is 88.1 Å². The summed E-state index contributed by atoms with van der Waals surface area (Å²) in [6.07, 6.45) is 0. The van der Waals surface area contributed by atoms with Gasteiger partial charge < -0.3 is 49.6 Å². The molecule has 0 aliphatic heterocycles. The summed E-state index contributed by atoms with van der Waals surface area (Å²) in [7, 11) is 0. The van der Waals surface area contributed by atoms with Gasteiger partial charge in [0.1, 0.15) is 0 Å². The van der Waals surface area contributed by atoms with Crippen LogP contribution in [0.4, 0.5) is 0 Å². The largest absolute Gasteiger partial charge is 4.00 e. The van der Waals surface area contributed by atoms with E-state index in [1.54, 1.807) is 0 Å². The fourth-order valence-electron chi connectivity index (χ4n) is 1.58. The monoisotopic (exact) mass is 535 g/mol. The number of hydrogen-bond acceptors (Lipinski definition) is 0. The third-order valence-electron chi connectivity index (χ3n) is 2.77. The molecule has 0 bridgehead atoms. The Kier molecular flexibility index (Phi) is 47.2. The molecule has 1 radical (unpaired) electrons. The molecule has 0 nitrogen and oxygen atoms in total. The molecule has 0 aliphatic carbocycles. The van der Waals surface area contributed by atoms with Crippen LogP contribution in [-0.2, 0) is 38.5 Å². The average molecular weight is 537 g/mol. The van der Waals surface area contributed by atoms with Crippen molar-refractivity contribution in [2.45, 2.75) is 13.8 Å². The molecule has 0 N–H and O–H groups in total. The molecule has 0 amide bonds. The Bertz CT molecular complexity index is 523. The summed E-state index contributed by atoms with van der Waals surface area (Å²) in [4.78, 5) is 0. The van der Waals surface area contributed by atoms with Crippen LogP contribution in [0.3, 0.4) is 0 Å². The summed E-state index contributed by atoms with van der Waals surface area (Å²) >= 11 is 0. The minimum atomic E-state index is 0. The fraction of sp³-hybridized carbons (Fsp3) is 0.0909. The molecule has 0 unspecified atom stereocenters. The van der Waals surface area contributed by atoms with Crippen molar-refractivity contribution < 1.29 is 88.1 Å². The Labute approximate surface area is 220 Å². The third-order valence-corrected chi connectivity index (χ3v) is 2.77. The van der Waals surface area contributed by atoms with Crippen molar-refractivity contribution in [1.29, 1.82) is 0 Å². The van der Waals surface area contributed by atoms with E-state index in [0.717, 1.165) is 0 Å². The molecule has 0 saturated carbocycles. The Morgan fingerprint density at radius 1 is 0.464 bits per heavy atom. The summed E-state index contributed by atoms with van der Waals surface area (Å²) in [6, 6.07) is 36.5. The molecule has 0 fully saturated rings. The van der Waals surface area contributed by atoms with Gasteiger partial charge in [0.15, 0.2) is 0 Å². The molecule has 6 heteroatoms. The molecule has 155 valence electrons. The van der Waals surface area contributed by atoms with E-state index < -0.39 is 0 Å². The van der Waals surface area contributed by atoms with Gasteiger partial charge in [-0.1, -0.05) is 13.8 Å². The van der Waals surface area contributed by atoms with Crippen LogP contribution < -0.4 is 49.6 Å². The number of halogens is 4. The van der Waals surface area contributed by atoms with E-state index in [1.807, 2.05) is 84.9 Å². The first-order valence-corrected chi connectivity index (χ1v) is 7.49. The molecule has 0 spiro atoms. The second kappa shape index (κ2) is 31.5. The van der Waals surface area contributed by atoms with E-state index in [1.165, 1.54) is 11.1 Å². The normalized spacial score (nSPS) is 6.64. The summed E-state index contributed by atoms with van der Waals surface area (Å²) < 4.78 is 0. The van der Waals surface area contributed by atoms with Crippen molar-refractivity contribution in [2.75, 3.05) is 0 Å². The summed E-state index contributed by atoms with van der Waals surface area (Å²) in [5.41, 5.74) is 2.69. The first-order valence-electron chi connectivity index (χ1n) is 7.49. The maximum absolute atomic E-state index is 2.08. The molecule has 0 heterocycles. The molecule has 4 rings (SSSR count). The van der Waals surface area contributed by atoms with Crippen molar-refractivity contribution in [3.63, 3.8) is 0 Å². The first kappa shape index (κ1) is 42.0. The number of hydrogen-bond donors (Lipinski definition) is 0. The predicted octanol–water partition coefficient (Wildman–Crippen LogP) is -5.75. The van der Waals surface area contributed by atoms with Crippen LogP contribution >= 0.6 is 0 Å². The number of rotatable bonds is 0. The zero-order chi connectivity index (χ0) is 15.9. The standard InChI is InChI=1S/2C6H7.2C5H5.4ClH.Co.Ti/c2*1-6-4-2-3-5-6;2*1-2-4-5-3-1;;;;;;/h2*2-5H,1H3;2*1-5H;4*1H;;/q4*-1;;;;;+2;+4/p-4. The zero-order valence-corrected chi connectivity index (χ0v) is 21.4. The second-order valence-electron chi connectivity index (χ2n) is 4.85. The van der Waals surface area contributed by atoms with Crippen molar-refractivity contribution in [1.82, 2.24) is 0 Å². The number of aryl methyl sites for hydroxylation is 2. The molecule has 4 aromatic rings. The Morgan fingerprint density at radius 2 is 0.679 bits per heavy atom. The van der Waals surface area contributed by atoms with Gasteiger partial charge in [0.2, 0.25) is 0 Å². The first-order chi connectivity index (χ1) is 10.8. The average Bonchev–Trinajstić information content (AvgIpc) is 3.32.